The highest BCUT2D eigenvalue weighted by atomic mass is 32.1. The summed E-state index contributed by atoms with van der Waals surface area (Å²) in [5.41, 5.74) is 2.52. The number of hydrogen-bond donors (Lipinski definition) is 1. The minimum Gasteiger partial charge on any atom is -0.481 e. The van der Waals surface area contributed by atoms with Crippen molar-refractivity contribution >= 4 is 34.1 Å². The van der Waals surface area contributed by atoms with E-state index in [9.17, 15) is 14.7 Å². The molecule has 6 heteroatoms. The zero-order valence-corrected chi connectivity index (χ0v) is 20.3. The first-order valence-electron chi connectivity index (χ1n) is 11.6. The Morgan fingerprint density at radius 3 is 2.47 bits per heavy atom. The van der Waals surface area contributed by atoms with Crippen LogP contribution >= 0.6 is 11.3 Å². The predicted molar refractivity (Wildman–Crippen MR) is 131 cm³/mol. The van der Waals surface area contributed by atoms with E-state index in [-0.39, 0.29) is 24.5 Å². The highest BCUT2D eigenvalue weighted by molar-refractivity contribution is 7.09. The van der Waals surface area contributed by atoms with Crippen LogP contribution in [0.1, 0.15) is 86.9 Å². The van der Waals surface area contributed by atoms with Crippen molar-refractivity contribution in [3.63, 3.8) is 0 Å². The summed E-state index contributed by atoms with van der Waals surface area (Å²) in [6.45, 7) is 8.52. The van der Waals surface area contributed by atoms with E-state index >= 15 is 0 Å². The van der Waals surface area contributed by atoms with E-state index in [0.29, 0.717) is 17.5 Å². The van der Waals surface area contributed by atoms with Crippen molar-refractivity contribution in [2.24, 2.45) is 11.8 Å². The molecule has 0 aliphatic carbocycles. The lowest BCUT2D eigenvalue weighted by Gasteiger charge is -2.19. The number of rotatable bonds is 12. The number of nitrogens with zero attached hydrogens (tertiary/aromatic N) is 2. The molecule has 172 valence electrons. The molecule has 0 radical (unpaired) electrons. The van der Waals surface area contributed by atoms with Gasteiger partial charge in [0.25, 0.3) is 0 Å². The van der Waals surface area contributed by atoms with Gasteiger partial charge >= 0.3 is 5.97 Å². The molecule has 2 aromatic heterocycles. The Hall–Kier alpha value is -2.47. The number of carbonyl (C=O) groups is 2. The number of benzene rings is 1. The summed E-state index contributed by atoms with van der Waals surface area (Å²) in [6.07, 6.45) is 3.83. The van der Waals surface area contributed by atoms with E-state index in [1.54, 1.807) is 11.3 Å². The van der Waals surface area contributed by atoms with Crippen molar-refractivity contribution in [2.75, 3.05) is 0 Å². The molecular weight excluding hydrogens is 420 g/mol. The maximum atomic E-state index is 13.0. The molecule has 0 spiro atoms. The van der Waals surface area contributed by atoms with Crippen LogP contribution < -0.4 is 0 Å². The monoisotopic (exact) mass is 454 g/mol. The standard InChI is InChI=1S/C26H34N2O3S/c1-5-20(6-2)28-23-10-9-19(24(29)13-18(12-17(3)4)14-26(30)31)15-22(23)27-25(28)16-21-8-7-11-32-21/h7-11,15,17-18,20H,5-6,12-14,16H2,1-4H3,(H,30,31)/t18-/m1/s1. The van der Waals surface area contributed by atoms with Crippen molar-refractivity contribution in [2.45, 2.75) is 72.3 Å². The van der Waals surface area contributed by atoms with Crippen molar-refractivity contribution < 1.29 is 14.7 Å². The Balaban J connectivity index is 1.93. The van der Waals surface area contributed by atoms with Gasteiger partial charge in [0.15, 0.2) is 5.78 Å². The lowest BCUT2D eigenvalue weighted by molar-refractivity contribution is -0.138. The van der Waals surface area contributed by atoms with E-state index in [1.165, 1.54) is 4.88 Å². The Bertz CT molecular complexity index is 1050. The van der Waals surface area contributed by atoms with Gasteiger partial charge in [0.2, 0.25) is 0 Å². The zero-order chi connectivity index (χ0) is 23.3. The van der Waals surface area contributed by atoms with Crippen molar-refractivity contribution in [1.82, 2.24) is 9.55 Å². The summed E-state index contributed by atoms with van der Waals surface area (Å²) in [5.74, 6) is 0.387. The Morgan fingerprint density at radius 2 is 1.88 bits per heavy atom. The van der Waals surface area contributed by atoms with E-state index < -0.39 is 5.97 Å². The average molecular weight is 455 g/mol. The number of aliphatic carboxylic acids is 1. The summed E-state index contributed by atoms with van der Waals surface area (Å²) in [4.78, 5) is 30.5. The lowest BCUT2D eigenvalue weighted by Crippen LogP contribution is -2.15. The van der Waals surface area contributed by atoms with Gasteiger partial charge in [-0.2, -0.15) is 0 Å². The molecule has 0 bridgehead atoms. The summed E-state index contributed by atoms with van der Waals surface area (Å²) in [6, 6.07) is 10.3. The van der Waals surface area contributed by atoms with Crippen molar-refractivity contribution in [3.05, 3.63) is 52.0 Å². The number of carbonyl (C=O) groups excluding carboxylic acids is 1. The number of ketones is 1. The summed E-state index contributed by atoms with van der Waals surface area (Å²) in [5, 5.41) is 11.3. The quantitative estimate of drug-likeness (QED) is 0.307. The second-order valence-electron chi connectivity index (χ2n) is 9.05. The van der Waals surface area contributed by atoms with Crippen LogP contribution in [0.4, 0.5) is 0 Å². The summed E-state index contributed by atoms with van der Waals surface area (Å²) >= 11 is 1.73. The van der Waals surface area contributed by atoms with Gasteiger partial charge in [-0.25, -0.2) is 4.98 Å². The minimum atomic E-state index is -0.846. The van der Waals surface area contributed by atoms with Crippen LogP contribution in [0.5, 0.6) is 0 Å². The highest BCUT2D eigenvalue weighted by Crippen LogP contribution is 2.29. The van der Waals surface area contributed by atoms with Crippen LogP contribution in [0.15, 0.2) is 35.7 Å². The maximum absolute atomic E-state index is 13.0. The van der Waals surface area contributed by atoms with Crippen LogP contribution in [0.2, 0.25) is 0 Å². The first-order valence-corrected chi connectivity index (χ1v) is 12.5. The molecule has 0 saturated heterocycles. The first-order chi connectivity index (χ1) is 15.3. The molecule has 1 N–H and O–H groups in total. The first kappa shape index (κ1) is 24.2. The van der Waals surface area contributed by atoms with E-state index in [2.05, 4.69) is 49.8 Å². The van der Waals surface area contributed by atoms with Gasteiger partial charge in [-0.05, 0) is 60.7 Å². The van der Waals surface area contributed by atoms with E-state index in [4.69, 9.17) is 4.98 Å². The number of fused-ring (bicyclic) bond motifs is 1. The zero-order valence-electron chi connectivity index (χ0n) is 19.5. The van der Waals surface area contributed by atoms with E-state index in [0.717, 1.165) is 42.5 Å². The number of thiophene rings is 1. The SMILES string of the molecule is CCC(CC)n1c(Cc2cccs2)nc2cc(C(=O)C[C@H](CC(=O)O)CC(C)C)ccc21. The lowest BCUT2D eigenvalue weighted by atomic mass is 9.88. The molecule has 0 unspecified atom stereocenters. The van der Waals surface area contributed by atoms with Gasteiger partial charge < -0.3 is 9.67 Å². The number of imidazole rings is 1. The minimum absolute atomic E-state index is 0.00399. The van der Waals surface area contributed by atoms with Gasteiger partial charge in [0, 0.05) is 35.7 Å². The molecule has 3 aromatic rings. The van der Waals surface area contributed by atoms with Gasteiger partial charge in [0.05, 0.1) is 11.0 Å². The topological polar surface area (TPSA) is 72.2 Å². The summed E-state index contributed by atoms with van der Waals surface area (Å²) < 4.78 is 2.34. The van der Waals surface area contributed by atoms with Crippen LogP contribution in [0.3, 0.4) is 0 Å². The van der Waals surface area contributed by atoms with Crippen LogP contribution in [0.25, 0.3) is 11.0 Å². The average Bonchev–Trinajstić information content (AvgIpc) is 3.36. The van der Waals surface area contributed by atoms with Gasteiger partial charge in [-0.3, -0.25) is 9.59 Å². The normalized spacial score (nSPS) is 12.7. The molecule has 0 saturated carbocycles. The van der Waals surface area contributed by atoms with Gasteiger partial charge in [0.1, 0.15) is 5.82 Å². The molecule has 3 rings (SSSR count). The highest BCUT2D eigenvalue weighted by Gasteiger charge is 2.22. The third-order valence-corrected chi connectivity index (χ3v) is 6.92. The number of Topliss-reactive ketones (excluding diaryl/α,β-unsaturated/α-hetero) is 1. The van der Waals surface area contributed by atoms with Gasteiger partial charge in [-0.15, -0.1) is 11.3 Å². The Labute approximate surface area is 194 Å². The fourth-order valence-corrected chi connectivity index (χ4v) is 5.31. The molecule has 1 atom stereocenters. The van der Waals surface area contributed by atoms with Crippen molar-refractivity contribution in [1.29, 1.82) is 0 Å². The summed E-state index contributed by atoms with van der Waals surface area (Å²) in [7, 11) is 0. The number of aromatic nitrogens is 2. The number of carboxylic acids is 1. The second-order valence-corrected chi connectivity index (χ2v) is 10.1. The molecule has 0 aliphatic heterocycles. The van der Waals surface area contributed by atoms with Crippen LogP contribution in [-0.2, 0) is 11.2 Å². The van der Waals surface area contributed by atoms with E-state index in [1.807, 2.05) is 18.2 Å². The fourth-order valence-electron chi connectivity index (χ4n) is 4.61. The predicted octanol–water partition coefficient (Wildman–Crippen LogP) is 6.76. The third-order valence-electron chi connectivity index (χ3n) is 6.05. The van der Waals surface area contributed by atoms with Crippen molar-refractivity contribution in [3.8, 4) is 0 Å². The van der Waals surface area contributed by atoms with Crippen LogP contribution in [0, 0.1) is 11.8 Å². The molecular formula is C26H34N2O3S. The molecule has 5 nitrogen and oxygen atoms in total. The van der Waals surface area contributed by atoms with Gasteiger partial charge in [-0.1, -0.05) is 33.8 Å². The molecule has 32 heavy (non-hydrogen) atoms. The molecule has 0 fully saturated rings. The Kier molecular flexibility index (Phi) is 8.24. The number of carboxylic acid groups (broad SMARTS) is 1. The second kappa shape index (κ2) is 10.9. The largest absolute Gasteiger partial charge is 0.481 e. The molecule has 0 aliphatic rings. The Morgan fingerprint density at radius 1 is 1.12 bits per heavy atom. The fraction of sp³-hybridized carbons (Fsp3) is 0.500. The maximum Gasteiger partial charge on any atom is 0.303 e. The molecule has 1 aromatic carbocycles. The smallest absolute Gasteiger partial charge is 0.303 e. The number of hydrogen-bond acceptors (Lipinski definition) is 4. The van der Waals surface area contributed by atoms with Crippen LogP contribution in [-0.4, -0.2) is 26.4 Å². The molecule has 0 amide bonds. The molecule has 2 heterocycles. The third kappa shape index (κ3) is 5.85.